The number of hydrogen-bond donors (Lipinski definition) is 1. The van der Waals surface area contributed by atoms with Crippen LogP contribution in [-0.4, -0.2) is 44.3 Å². The van der Waals surface area contributed by atoms with Gasteiger partial charge in [0.15, 0.2) is 11.5 Å². The van der Waals surface area contributed by atoms with Gasteiger partial charge in [-0.3, -0.25) is 4.90 Å². The first-order valence-electron chi connectivity index (χ1n) is 8.23. The average Bonchev–Trinajstić information content (AvgIpc) is 3.05. The van der Waals surface area contributed by atoms with Crippen molar-refractivity contribution in [2.75, 3.05) is 33.3 Å². The number of ether oxygens (including phenoxy) is 2. The summed E-state index contributed by atoms with van der Waals surface area (Å²) in [6.45, 7) is 4.95. The van der Waals surface area contributed by atoms with Crippen LogP contribution in [0.5, 0.6) is 11.5 Å². The summed E-state index contributed by atoms with van der Waals surface area (Å²) in [4.78, 5) is 2.42. The number of benzene rings is 1. The summed E-state index contributed by atoms with van der Waals surface area (Å²) in [5.74, 6) is 1.64. The predicted molar refractivity (Wildman–Crippen MR) is 89.0 cm³/mol. The van der Waals surface area contributed by atoms with Crippen LogP contribution in [0, 0.1) is 0 Å². The molecule has 1 heterocycles. The number of nitrogens with zero attached hydrogens (tertiary/aromatic N) is 1. The van der Waals surface area contributed by atoms with Gasteiger partial charge in [-0.1, -0.05) is 11.6 Å². The molecule has 1 aromatic carbocycles. The average molecular weight is 325 g/mol. The second-order valence-electron chi connectivity index (χ2n) is 6.11. The van der Waals surface area contributed by atoms with E-state index in [1.54, 1.807) is 7.11 Å². The molecular weight excluding hydrogens is 300 g/mol. The zero-order chi connectivity index (χ0) is 15.4. The maximum Gasteiger partial charge on any atom is 0.167 e. The Balaban J connectivity index is 1.84. The van der Waals surface area contributed by atoms with Gasteiger partial charge in [-0.2, -0.15) is 0 Å². The van der Waals surface area contributed by atoms with Crippen molar-refractivity contribution in [3.63, 3.8) is 0 Å². The van der Waals surface area contributed by atoms with Crippen molar-refractivity contribution in [1.29, 1.82) is 0 Å². The monoisotopic (exact) mass is 324 g/mol. The molecule has 2 aliphatic rings. The Kier molecular flexibility index (Phi) is 5.45. The molecule has 1 aromatic rings. The van der Waals surface area contributed by atoms with Gasteiger partial charge in [-0.25, -0.2) is 0 Å². The second-order valence-corrected chi connectivity index (χ2v) is 6.51. The molecule has 4 nitrogen and oxygen atoms in total. The van der Waals surface area contributed by atoms with Crippen LogP contribution in [0.25, 0.3) is 0 Å². The molecule has 1 saturated carbocycles. The van der Waals surface area contributed by atoms with Crippen molar-refractivity contribution in [3.8, 4) is 11.5 Å². The predicted octanol–water partition coefficient (Wildman–Crippen LogP) is 3.08. The second kappa shape index (κ2) is 7.53. The minimum absolute atomic E-state index is 0.300. The van der Waals surface area contributed by atoms with Gasteiger partial charge in [0.2, 0.25) is 0 Å². The van der Waals surface area contributed by atoms with E-state index in [0.717, 1.165) is 67.7 Å². The molecule has 5 heteroatoms. The molecule has 0 radical (unpaired) electrons. The number of piperazine rings is 1. The van der Waals surface area contributed by atoms with Crippen molar-refractivity contribution >= 4 is 11.6 Å². The third-order valence-corrected chi connectivity index (χ3v) is 4.92. The van der Waals surface area contributed by atoms with Gasteiger partial charge in [0.05, 0.1) is 13.2 Å². The molecule has 22 heavy (non-hydrogen) atoms. The van der Waals surface area contributed by atoms with Crippen molar-refractivity contribution in [2.45, 2.75) is 38.3 Å². The van der Waals surface area contributed by atoms with Crippen LogP contribution in [0.4, 0.5) is 0 Å². The topological polar surface area (TPSA) is 33.7 Å². The third kappa shape index (κ3) is 3.67. The molecule has 122 valence electrons. The van der Waals surface area contributed by atoms with E-state index >= 15 is 0 Å². The van der Waals surface area contributed by atoms with Gasteiger partial charge in [0.25, 0.3) is 0 Å². The molecule has 1 aliphatic heterocycles. The summed E-state index contributed by atoms with van der Waals surface area (Å²) >= 11 is 6.49. The zero-order valence-corrected chi connectivity index (χ0v) is 14.0. The van der Waals surface area contributed by atoms with Crippen LogP contribution in [0.15, 0.2) is 12.1 Å². The largest absolute Gasteiger partial charge is 0.493 e. The van der Waals surface area contributed by atoms with Crippen molar-refractivity contribution in [1.82, 2.24) is 10.2 Å². The molecule has 1 saturated heterocycles. The molecular formula is C17H25ClN2O2. The lowest BCUT2D eigenvalue weighted by molar-refractivity contribution is 0.189. The number of methoxy groups -OCH3 is 1. The zero-order valence-electron chi connectivity index (χ0n) is 13.2. The molecule has 1 N–H and O–H groups in total. The summed E-state index contributed by atoms with van der Waals surface area (Å²) < 4.78 is 11.8. The van der Waals surface area contributed by atoms with Gasteiger partial charge in [-0.15, -0.1) is 0 Å². The smallest absolute Gasteiger partial charge is 0.167 e. The van der Waals surface area contributed by atoms with E-state index in [-0.39, 0.29) is 0 Å². The van der Waals surface area contributed by atoms with E-state index in [0.29, 0.717) is 6.10 Å². The lowest BCUT2D eigenvalue weighted by atomic mass is 10.1. The molecule has 0 atom stereocenters. The molecule has 1 aliphatic carbocycles. The molecule has 0 bridgehead atoms. The standard InChI is InChI=1S/C17H25ClN2O2/c1-21-16-7-6-15(18)14(12-20-10-8-19-9-11-20)17(16)22-13-4-2-3-5-13/h6-7,13,19H,2-5,8-12H2,1H3. The fourth-order valence-corrected chi connectivity index (χ4v) is 3.49. The van der Waals surface area contributed by atoms with Crippen LogP contribution in [-0.2, 0) is 6.54 Å². The quantitative estimate of drug-likeness (QED) is 0.902. The Morgan fingerprint density at radius 3 is 2.64 bits per heavy atom. The van der Waals surface area contributed by atoms with Crippen LogP contribution >= 0.6 is 11.6 Å². The molecule has 0 spiro atoms. The highest BCUT2D eigenvalue weighted by molar-refractivity contribution is 6.31. The summed E-state index contributed by atoms with van der Waals surface area (Å²) in [7, 11) is 1.69. The van der Waals surface area contributed by atoms with Crippen molar-refractivity contribution in [2.24, 2.45) is 0 Å². The summed E-state index contributed by atoms with van der Waals surface area (Å²) in [6, 6.07) is 3.83. The first-order valence-corrected chi connectivity index (χ1v) is 8.61. The van der Waals surface area contributed by atoms with Crippen LogP contribution in [0.1, 0.15) is 31.2 Å². The molecule has 3 rings (SSSR count). The fourth-order valence-electron chi connectivity index (χ4n) is 3.29. The van der Waals surface area contributed by atoms with Crippen LogP contribution in [0.3, 0.4) is 0 Å². The molecule has 0 aromatic heterocycles. The van der Waals surface area contributed by atoms with E-state index in [1.165, 1.54) is 12.8 Å². The first kappa shape index (κ1) is 15.9. The minimum atomic E-state index is 0.300. The third-order valence-electron chi connectivity index (χ3n) is 4.57. The lowest BCUT2D eigenvalue weighted by Crippen LogP contribution is -2.43. The van der Waals surface area contributed by atoms with E-state index in [1.807, 2.05) is 12.1 Å². The van der Waals surface area contributed by atoms with E-state index in [2.05, 4.69) is 10.2 Å². The van der Waals surface area contributed by atoms with Gasteiger partial charge >= 0.3 is 0 Å². The van der Waals surface area contributed by atoms with Crippen LogP contribution < -0.4 is 14.8 Å². The Morgan fingerprint density at radius 1 is 1.23 bits per heavy atom. The van der Waals surface area contributed by atoms with Gasteiger partial charge < -0.3 is 14.8 Å². The summed E-state index contributed by atoms with van der Waals surface area (Å²) in [5.41, 5.74) is 1.06. The van der Waals surface area contributed by atoms with E-state index in [9.17, 15) is 0 Å². The van der Waals surface area contributed by atoms with Crippen LogP contribution in [0.2, 0.25) is 5.02 Å². The summed E-state index contributed by atoms with van der Waals surface area (Å²) in [5, 5.41) is 4.15. The maximum atomic E-state index is 6.49. The summed E-state index contributed by atoms with van der Waals surface area (Å²) in [6.07, 6.45) is 5.06. The Morgan fingerprint density at radius 2 is 1.95 bits per heavy atom. The number of halogens is 1. The highest BCUT2D eigenvalue weighted by atomic mass is 35.5. The first-order chi connectivity index (χ1) is 10.8. The highest BCUT2D eigenvalue weighted by Gasteiger charge is 2.23. The van der Waals surface area contributed by atoms with E-state index < -0.39 is 0 Å². The normalized spacial score (nSPS) is 20.3. The highest BCUT2D eigenvalue weighted by Crippen LogP contribution is 2.39. The molecule has 0 amide bonds. The number of nitrogens with one attached hydrogen (secondary N) is 1. The SMILES string of the molecule is COc1ccc(Cl)c(CN2CCNCC2)c1OC1CCCC1. The Hall–Kier alpha value is -0.970. The maximum absolute atomic E-state index is 6.49. The Labute approximate surface area is 137 Å². The van der Waals surface area contributed by atoms with Crippen molar-refractivity contribution in [3.05, 3.63) is 22.7 Å². The van der Waals surface area contributed by atoms with Gasteiger partial charge in [-0.05, 0) is 37.8 Å². The fraction of sp³-hybridized carbons (Fsp3) is 0.647. The van der Waals surface area contributed by atoms with E-state index in [4.69, 9.17) is 21.1 Å². The lowest BCUT2D eigenvalue weighted by Gasteiger charge is -2.29. The number of rotatable bonds is 5. The molecule has 2 fully saturated rings. The van der Waals surface area contributed by atoms with Crippen molar-refractivity contribution < 1.29 is 9.47 Å². The number of hydrogen-bond acceptors (Lipinski definition) is 4. The Bertz CT molecular complexity index is 498. The minimum Gasteiger partial charge on any atom is -0.493 e. The van der Waals surface area contributed by atoms with Gasteiger partial charge in [0.1, 0.15) is 0 Å². The van der Waals surface area contributed by atoms with Gasteiger partial charge in [0, 0.05) is 43.3 Å². The molecule has 0 unspecified atom stereocenters.